The Morgan fingerprint density at radius 3 is 2.90 bits per heavy atom. The normalized spacial score (nSPS) is 20.9. The molecule has 0 aromatic carbocycles. The Hall–Kier alpha value is -1.61. The Labute approximate surface area is 117 Å². The number of hydrogen-bond acceptors (Lipinski definition) is 6. The molecule has 1 aliphatic rings. The van der Waals surface area contributed by atoms with E-state index in [1.165, 1.54) is 18.1 Å². The van der Waals surface area contributed by atoms with Crippen LogP contribution in [0, 0.1) is 0 Å². The third-order valence-corrected chi connectivity index (χ3v) is 5.02. The van der Waals surface area contributed by atoms with Crippen molar-refractivity contribution < 1.29 is 17.9 Å². The first kappa shape index (κ1) is 14.8. The van der Waals surface area contributed by atoms with Gasteiger partial charge in [-0.3, -0.25) is 9.89 Å². The van der Waals surface area contributed by atoms with E-state index in [9.17, 15) is 13.2 Å². The lowest BCUT2D eigenvalue weighted by Gasteiger charge is -2.27. The van der Waals surface area contributed by atoms with Crippen LogP contribution in [0.3, 0.4) is 0 Å². The van der Waals surface area contributed by atoms with Gasteiger partial charge in [0.15, 0.2) is 9.84 Å². The monoisotopic (exact) mass is 302 g/mol. The molecule has 0 spiro atoms. The molecule has 1 aromatic heterocycles. The number of nitrogens with zero attached hydrogens (tertiary/aromatic N) is 2. The molecule has 2 rings (SSSR count). The van der Waals surface area contributed by atoms with Crippen molar-refractivity contribution in [2.24, 2.45) is 0 Å². The molecule has 9 heteroatoms. The number of aromatic amines is 1. The highest BCUT2D eigenvalue weighted by Gasteiger charge is 2.35. The number of anilines is 1. The minimum atomic E-state index is -3.06. The summed E-state index contributed by atoms with van der Waals surface area (Å²) >= 11 is 0. The predicted octanol–water partition coefficient (Wildman–Crippen LogP) is -0.732. The minimum absolute atomic E-state index is 0.00786. The second kappa shape index (κ2) is 5.80. The Morgan fingerprint density at radius 1 is 1.65 bits per heavy atom. The van der Waals surface area contributed by atoms with Crippen molar-refractivity contribution in [2.45, 2.75) is 12.5 Å². The lowest BCUT2D eigenvalue weighted by molar-refractivity contribution is 0.0618. The summed E-state index contributed by atoms with van der Waals surface area (Å²) < 4.78 is 28.1. The highest BCUT2D eigenvalue weighted by atomic mass is 32.2. The van der Waals surface area contributed by atoms with Gasteiger partial charge in [0, 0.05) is 25.8 Å². The minimum Gasteiger partial charge on any atom is -0.383 e. The number of hydrogen-bond donors (Lipinski definition) is 2. The highest BCUT2D eigenvalue weighted by Crippen LogP contribution is 2.19. The van der Waals surface area contributed by atoms with E-state index >= 15 is 0 Å². The van der Waals surface area contributed by atoms with Crippen molar-refractivity contribution in [3.8, 4) is 0 Å². The van der Waals surface area contributed by atoms with Gasteiger partial charge in [-0.15, -0.1) is 0 Å². The number of sulfone groups is 1. The molecule has 1 atom stereocenters. The van der Waals surface area contributed by atoms with Crippen LogP contribution in [0.5, 0.6) is 0 Å². The zero-order valence-corrected chi connectivity index (χ0v) is 12.0. The first-order chi connectivity index (χ1) is 9.43. The van der Waals surface area contributed by atoms with Gasteiger partial charge in [-0.05, 0) is 6.42 Å². The fraction of sp³-hybridized carbons (Fsp3) is 0.636. The van der Waals surface area contributed by atoms with E-state index < -0.39 is 9.84 Å². The molecule has 3 N–H and O–H groups in total. The predicted molar refractivity (Wildman–Crippen MR) is 73.0 cm³/mol. The standard InChI is InChI=1S/C11H18N4O4S/c1-19-4-3-15(8-2-5-20(17,18)7-8)11(16)9-6-10(12)14-13-9/h6,8H,2-5,7H2,1H3,(H3,12,13,14). The Kier molecular flexibility index (Phi) is 4.29. The van der Waals surface area contributed by atoms with Crippen LogP contribution in [0.25, 0.3) is 0 Å². The van der Waals surface area contributed by atoms with E-state index in [1.54, 1.807) is 0 Å². The molecule has 112 valence electrons. The van der Waals surface area contributed by atoms with Crippen molar-refractivity contribution in [3.63, 3.8) is 0 Å². The number of amides is 1. The Bertz CT molecular complexity index is 583. The second-order valence-corrected chi connectivity index (χ2v) is 6.98. The summed E-state index contributed by atoms with van der Waals surface area (Å²) in [6.45, 7) is 0.667. The lowest BCUT2D eigenvalue weighted by Crippen LogP contribution is -2.43. The summed E-state index contributed by atoms with van der Waals surface area (Å²) in [6, 6.07) is 1.11. The Morgan fingerprint density at radius 2 is 2.40 bits per heavy atom. The number of carbonyl (C=O) groups is 1. The molecule has 0 radical (unpaired) electrons. The largest absolute Gasteiger partial charge is 0.383 e. The van der Waals surface area contributed by atoms with Gasteiger partial charge in [0.1, 0.15) is 11.5 Å². The van der Waals surface area contributed by atoms with Gasteiger partial charge < -0.3 is 15.4 Å². The zero-order valence-electron chi connectivity index (χ0n) is 11.2. The number of nitrogens with one attached hydrogen (secondary N) is 1. The molecule has 20 heavy (non-hydrogen) atoms. The number of ether oxygens (including phenoxy) is 1. The number of nitrogens with two attached hydrogens (primary N) is 1. The molecule has 0 saturated carbocycles. The van der Waals surface area contributed by atoms with Gasteiger partial charge in [0.2, 0.25) is 0 Å². The molecule has 1 fully saturated rings. The maximum absolute atomic E-state index is 12.4. The number of aromatic nitrogens is 2. The van der Waals surface area contributed by atoms with Crippen molar-refractivity contribution >= 4 is 21.6 Å². The topological polar surface area (TPSA) is 118 Å². The molecule has 0 bridgehead atoms. The smallest absolute Gasteiger partial charge is 0.272 e. The van der Waals surface area contributed by atoms with Gasteiger partial charge in [-0.1, -0.05) is 0 Å². The van der Waals surface area contributed by atoms with Gasteiger partial charge >= 0.3 is 0 Å². The van der Waals surface area contributed by atoms with Crippen molar-refractivity contribution in [1.82, 2.24) is 15.1 Å². The van der Waals surface area contributed by atoms with Crippen LogP contribution in [0.4, 0.5) is 5.82 Å². The average Bonchev–Trinajstić information content (AvgIpc) is 2.96. The number of H-pyrrole nitrogens is 1. The van der Waals surface area contributed by atoms with Crippen LogP contribution in [-0.2, 0) is 14.6 Å². The number of nitrogen functional groups attached to an aromatic ring is 1. The average molecular weight is 302 g/mol. The van der Waals surface area contributed by atoms with E-state index in [1.807, 2.05) is 0 Å². The maximum Gasteiger partial charge on any atom is 0.272 e. The summed E-state index contributed by atoms with van der Waals surface area (Å²) in [6.07, 6.45) is 0.446. The number of methoxy groups -OCH3 is 1. The molecule has 1 aliphatic heterocycles. The van der Waals surface area contributed by atoms with Crippen LogP contribution < -0.4 is 5.73 Å². The second-order valence-electron chi connectivity index (χ2n) is 4.75. The fourth-order valence-corrected chi connectivity index (χ4v) is 3.99. The number of carbonyl (C=O) groups excluding carboxylic acids is 1. The SMILES string of the molecule is COCCN(C(=O)c1cc(N)n[nH]1)C1CCS(=O)(=O)C1. The molecule has 1 amide bonds. The van der Waals surface area contributed by atoms with Gasteiger partial charge in [-0.25, -0.2) is 8.42 Å². The van der Waals surface area contributed by atoms with Crippen LogP contribution in [0.1, 0.15) is 16.9 Å². The molecular formula is C11H18N4O4S. The van der Waals surface area contributed by atoms with E-state index in [2.05, 4.69) is 10.2 Å². The van der Waals surface area contributed by atoms with Gasteiger partial charge in [0.05, 0.1) is 18.1 Å². The molecule has 1 aromatic rings. The molecule has 1 unspecified atom stereocenters. The quantitative estimate of drug-likeness (QED) is 0.740. The van der Waals surface area contributed by atoms with E-state index in [0.717, 1.165) is 0 Å². The van der Waals surface area contributed by atoms with Gasteiger partial charge in [-0.2, -0.15) is 5.10 Å². The van der Waals surface area contributed by atoms with Crippen molar-refractivity contribution in [2.75, 3.05) is 37.5 Å². The van der Waals surface area contributed by atoms with Gasteiger partial charge in [0.25, 0.3) is 5.91 Å². The fourth-order valence-electron chi connectivity index (χ4n) is 2.26. The molecule has 2 heterocycles. The first-order valence-corrected chi connectivity index (χ1v) is 8.06. The zero-order chi connectivity index (χ0) is 14.8. The Balaban J connectivity index is 2.17. The third-order valence-electron chi connectivity index (χ3n) is 3.27. The molecule has 8 nitrogen and oxygen atoms in total. The van der Waals surface area contributed by atoms with E-state index in [0.29, 0.717) is 19.6 Å². The van der Waals surface area contributed by atoms with Crippen LogP contribution in [0.15, 0.2) is 6.07 Å². The molecule has 1 saturated heterocycles. The first-order valence-electron chi connectivity index (χ1n) is 6.24. The summed E-state index contributed by atoms with van der Waals surface area (Å²) in [7, 11) is -1.53. The van der Waals surface area contributed by atoms with Crippen LogP contribution in [0.2, 0.25) is 0 Å². The number of rotatable bonds is 5. The maximum atomic E-state index is 12.4. The van der Waals surface area contributed by atoms with Crippen molar-refractivity contribution in [1.29, 1.82) is 0 Å². The molecular weight excluding hydrogens is 284 g/mol. The summed E-state index contributed by atoms with van der Waals surface area (Å²) in [5.74, 6) is 0.0125. The summed E-state index contributed by atoms with van der Waals surface area (Å²) in [4.78, 5) is 13.9. The highest BCUT2D eigenvalue weighted by molar-refractivity contribution is 7.91. The lowest BCUT2D eigenvalue weighted by atomic mass is 10.2. The van der Waals surface area contributed by atoms with Crippen molar-refractivity contribution in [3.05, 3.63) is 11.8 Å². The van der Waals surface area contributed by atoms with E-state index in [4.69, 9.17) is 10.5 Å². The van der Waals surface area contributed by atoms with Crippen LogP contribution >= 0.6 is 0 Å². The summed E-state index contributed by atoms with van der Waals surface area (Å²) in [5, 5.41) is 6.26. The van der Waals surface area contributed by atoms with Crippen LogP contribution in [-0.4, -0.2) is 67.2 Å². The third kappa shape index (κ3) is 3.28. The molecule has 0 aliphatic carbocycles. The summed E-state index contributed by atoms with van der Waals surface area (Å²) in [5.41, 5.74) is 5.73. The van der Waals surface area contributed by atoms with E-state index in [-0.39, 0.29) is 35.0 Å².